The van der Waals surface area contributed by atoms with Crippen LogP contribution in [-0.4, -0.2) is 29.9 Å². The van der Waals surface area contributed by atoms with Crippen molar-refractivity contribution in [1.29, 1.82) is 0 Å². The lowest BCUT2D eigenvalue weighted by Crippen LogP contribution is -2.21. The molecule has 0 aliphatic rings. The summed E-state index contributed by atoms with van der Waals surface area (Å²) in [5, 5.41) is 0. The molecule has 0 spiro atoms. The monoisotopic (exact) mass is 226 g/mol. The van der Waals surface area contributed by atoms with Gasteiger partial charge in [-0.05, 0) is 29.3 Å². The molecular formula is C14H14N2O. The third-order valence-corrected chi connectivity index (χ3v) is 2.53. The predicted molar refractivity (Wildman–Crippen MR) is 67.7 cm³/mol. The SMILES string of the molecule is CN(C)C(=O)c1ccc(-c2cccnc2)cc1. The van der Waals surface area contributed by atoms with Crippen LogP contribution < -0.4 is 0 Å². The Balaban J connectivity index is 2.28. The van der Waals surface area contributed by atoms with E-state index in [0.717, 1.165) is 11.1 Å². The average molecular weight is 226 g/mol. The van der Waals surface area contributed by atoms with Crippen LogP contribution in [0.5, 0.6) is 0 Å². The van der Waals surface area contributed by atoms with Crippen LogP contribution in [0, 0.1) is 0 Å². The standard InChI is InChI=1S/C14H14N2O/c1-16(2)14(17)12-7-5-11(6-8-12)13-4-3-9-15-10-13/h3-10H,1-2H3. The zero-order chi connectivity index (χ0) is 12.3. The lowest BCUT2D eigenvalue weighted by Gasteiger charge is -2.10. The number of carbonyl (C=O) groups is 1. The molecule has 17 heavy (non-hydrogen) atoms. The molecule has 0 unspecified atom stereocenters. The highest BCUT2D eigenvalue weighted by Crippen LogP contribution is 2.18. The molecular weight excluding hydrogens is 212 g/mol. The van der Waals surface area contributed by atoms with Crippen molar-refractivity contribution in [2.75, 3.05) is 14.1 Å². The van der Waals surface area contributed by atoms with Crippen molar-refractivity contribution in [3.8, 4) is 11.1 Å². The fourth-order valence-electron chi connectivity index (χ4n) is 1.60. The Kier molecular flexibility index (Phi) is 3.19. The summed E-state index contributed by atoms with van der Waals surface area (Å²) in [6, 6.07) is 11.4. The molecule has 0 saturated heterocycles. The molecule has 1 aromatic carbocycles. The summed E-state index contributed by atoms with van der Waals surface area (Å²) >= 11 is 0. The van der Waals surface area contributed by atoms with Gasteiger partial charge in [0.25, 0.3) is 5.91 Å². The number of carbonyl (C=O) groups excluding carboxylic acids is 1. The molecule has 1 heterocycles. The molecule has 0 aliphatic carbocycles. The van der Waals surface area contributed by atoms with Gasteiger partial charge in [-0.2, -0.15) is 0 Å². The Bertz CT molecular complexity index is 504. The molecule has 1 aromatic heterocycles. The fourth-order valence-corrected chi connectivity index (χ4v) is 1.60. The number of nitrogens with zero attached hydrogens (tertiary/aromatic N) is 2. The molecule has 3 nitrogen and oxygen atoms in total. The maximum absolute atomic E-state index is 11.7. The second kappa shape index (κ2) is 4.78. The molecule has 86 valence electrons. The topological polar surface area (TPSA) is 33.2 Å². The lowest BCUT2D eigenvalue weighted by atomic mass is 10.1. The summed E-state index contributed by atoms with van der Waals surface area (Å²) < 4.78 is 0. The first-order valence-corrected chi connectivity index (χ1v) is 5.40. The van der Waals surface area contributed by atoms with E-state index in [1.807, 2.05) is 42.6 Å². The molecule has 0 radical (unpaired) electrons. The zero-order valence-electron chi connectivity index (χ0n) is 9.92. The van der Waals surface area contributed by atoms with Crippen LogP contribution >= 0.6 is 0 Å². The van der Waals surface area contributed by atoms with Gasteiger partial charge in [0.05, 0.1) is 0 Å². The van der Waals surface area contributed by atoms with Crippen molar-refractivity contribution in [3.63, 3.8) is 0 Å². The van der Waals surface area contributed by atoms with Gasteiger partial charge in [-0.15, -0.1) is 0 Å². The molecule has 0 bridgehead atoms. The first-order chi connectivity index (χ1) is 8.18. The van der Waals surface area contributed by atoms with Gasteiger partial charge in [-0.25, -0.2) is 0 Å². The Morgan fingerprint density at radius 1 is 1.06 bits per heavy atom. The van der Waals surface area contributed by atoms with E-state index < -0.39 is 0 Å². The van der Waals surface area contributed by atoms with Crippen LogP contribution in [0.4, 0.5) is 0 Å². The average Bonchev–Trinajstić information content (AvgIpc) is 2.39. The Morgan fingerprint density at radius 3 is 2.29 bits per heavy atom. The minimum absolute atomic E-state index is 0.0164. The van der Waals surface area contributed by atoms with Gasteiger partial charge in [0, 0.05) is 32.1 Å². The highest BCUT2D eigenvalue weighted by molar-refractivity contribution is 5.94. The summed E-state index contributed by atoms with van der Waals surface area (Å²) in [5.74, 6) is 0.0164. The fraction of sp³-hybridized carbons (Fsp3) is 0.143. The van der Waals surface area contributed by atoms with Crippen LogP contribution in [0.15, 0.2) is 48.8 Å². The molecule has 2 rings (SSSR count). The zero-order valence-corrected chi connectivity index (χ0v) is 9.92. The minimum atomic E-state index is 0.0164. The molecule has 0 atom stereocenters. The molecule has 1 amide bonds. The quantitative estimate of drug-likeness (QED) is 0.788. The predicted octanol–water partition coefficient (Wildman–Crippen LogP) is 2.45. The number of pyridine rings is 1. The normalized spacial score (nSPS) is 10.0. The van der Waals surface area contributed by atoms with E-state index in [9.17, 15) is 4.79 Å². The third-order valence-electron chi connectivity index (χ3n) is 2.53. The first kappa shape index (κ1) is 11.3. The highest BCUT2D eigenvalue weighted by atomic mass is 16.2. The van der Waals surface area contributed by atoms with E-state index in [4.69, 9.17) is 0 Å². The van der Waals surface area contributed by atoms with Crippen molar-refractivity contribution < 1.29 is 4.79 Å². The summed E-state index contributed by atoms with van der Waals surface area (Å²) in [4.78, 5) is 17.3. The number of aromatic nitrogens is 1. The van der Waals surface area contributed by atoms with E-state index in [2.05, 4.69) is 4.98 Å². The van der Waals surface area contributed by atoms with E-state index in [-0.39, 0.29) is 5.91 Å². The Labute approximate surface area is 101 Å². The van der Waals surface area contributed by atoms with Crippen LogP contribution in [0.25, 0.3) is 11.1 Å². The summed E-state index contributed by atoms with van der Waals surface area (Å²) in [5.41, 5.74) is 2.81. The van der Waals surface area contributed by atoms with Crippen LogP contribution in [0.3, 0.4) is 0 Å². The summed E-state index contributed by atoms with van der Waals surface area (Å²) in [6.07, 6.45) is 3.55. The number of hydrogen-bond donors (Lipinski definition) is 0. The van der Waals surface area contributed by atoms with Crippen molar-refractivity contribution in [2.24, 2.45) is 0 Å². The van der Waals surface area contributed by atoms with Crippen molar-refractivity contribution in [2.45, 2.75) is 0 Å². The third kappa shape index (κ3) is 2.50. The molecule has 0 aliphatic heterocycles. The Morgan fingerprint density at radius 2 is 1.76 bits per heavy atom. The van der Waals surface area contributed by atoms with Crippen molar-refractivity contribution in [1.82, 2.24) is 9.88 Å². The van der Waals surface area contributed by atoms with Gasteiger partial charge in [0.2, 0.25) is 0 Å². The van der Waals surface area contributed by atoms with Crippen LogP contribution in [0.1, 0.15) is 10.4 Å². The largest absolute Gasteiger partial charge is 0.345 e. The summed E-state index contributed by atoms with van der Waals surface area (Å²) in [7, 11) is 3.49. The maximum Gasteiger partial charge on any atom is 0.253 e. The van der Waals surface area contributed by atoms with Crippen molar-refractivity contribution >= 4 is 5.91 Å². The molecule has 3 heteroatoms. The number of benzene rings is 1. The van der Waals surface area contributed by atoms with E-state index in [1.165, 1.54) is 0 Å². The summed E-state index contributed by atoms with van der Waals surface area (Å²) in [6.45, 7) is 0. The number of rotatable bonds is 2. The van der Waals surface area contributed by atoms with Crippen LogP contribution in [-0.2, 0) is 0 Å². The molecule has 0 saturated carbocycles. The molecule has 2 aromatic rings. The van der Waals surface area contributed by atoms with Crippen LogP contribution in [0.2, 0.25) is 0 Å². The maximum atomic E-state index is 11.7. The van der Waals surface area contributed by atoms with Gasteiger partial charge < -0.3 is 4.90 Å². The van der Waals surface area contributed by atoms with Gasteiger partial charge >= 0.3 is 0 Å². The van der Waals surface area contributed by atoms with Gasteiger partial charge in [-0.3, -0.25) is 9.78 Å². The van der Waals surface area contributed by atoms with Gasteiger partial charge in [-0.1, -0.05) is 18.2 Å². The first-order valence-electron chi connectivity index (χ1n) is 5.40. The minimum Gasteiger partial charge on any atom is -0.345 e. The van der Waals surface area contributed by atoms with Crippen molar-refractivity contribution in [3.05, 3.63) is 54.4 Å². The Hall–Kier alpha value is -2.16. The number of hydrogen-bond acceptors (Lipinski definition) is 2. The second-order valence-electron chi connectivity index (χ2n) is 4.02. The van der Waals surface area contributed by atoms with E-state index >= 15 is 0 Å². The van der Waals surface area contributed by atoms with Gasteiger partial charge in [0.15, 0.2) is 0 Å². The van der Waals surface area contributed by atoms with Gasteiger partial charge in [0.1, 0.15) is 0 Å². The number of amides is 1. The van der Waals surface area contributed by atoms with E-state index in [1.54, 1.807) is 25.2 Å². The molecule has 0 N–H and O–H groups in total. The lowest BCUT2D eigenvalue weighted by molar-refractivity contribution is 0.0827. The smallest absolute Gasteiger partial charge is 0.253 e. The molecule has 0 fully saturated rings. The second-order valence-corrected chi connectivity index (χ2v) is 4.02. The van der Waals surface area contributed by atoms with E-state index in [0.29, 0.717) is 5.56 Å². The highest BCUT2D eigenvalue weighted by Gasteiger charge is 2.07.